The number of thiazole rings is 1. The molecule has 0 aliphatic heterocycles. The van der Waals surface area contributed by atoms with Gasteiger partial charge in [-0.1, -0.05) is 23.2 Å². The number of aromatic nitrogens is 1. The monoisotopic (exact) mass is 280 g/mol. The first-order chi connectivity index (χ1) is 9.17. The zero-order valence-electron chi connectivity index (χ0n) is 10.7. The van der Waals surface area contributed by atoms with Crippen molar-refractivity contribution in [2.45, 2.75) is 31.3 Å². The molecule has 0 aromatic carbocycles. The van der Waals surface area contributed by atoms with Gasteiger partial charge in [0.1, 0.15) is 6.61 Å². The minimum absolute atomic E-state index is 0.0856. The van der Waals surface area contributed by atoms with E-state index in [0.29, 0.717) is 11.6 Å². The number of anilines is 1. The van der Waals surface area contributed by atoms with Crippen LogP contribution in [-0.4, -0.2) is 35.3 Å². The van der Waals surface area contributed by atoms with Crippen molar-refractivity contribution in [2.75, 3.05) is 19.0 Å². The van der Waals surface area contributed by atoms with E-state index in [4.69, 9.17) is 9.84 Å². The number of methoxy groups -OCH3 is 1. The quantitative estimate of drug-likeness (QED) is 0.818. The Morgan fingerprint density at radius 3 is 3.05 bits per heavy atom. The second-order valence-corrected chi connectivity index (χ2v) is 5.49. The van der Waals surface area contributed by atoms with Gasteiger partial charge in [-0.2, -0.15) is 0 Å². The normalized spacial score (nSPS) is 16.1. The molecule has 5 nitrogen and oxygen atoms in total. The Morgan fingerprint density at radius 2 is 2.47 bits per heavy atom. The van der Waals surface area contributed by atoms with E-state index in [1.54, 1.807) is 13.3 Å². The Labute approximate surface area is 116 Å². The highest BCUT2D eigenvalue weighted by atomic mass is 32.1. The van der Waals surface area contributed by atoms with Gasteiger partial charge >= 0.3 is 0 Å². The summed E-state index contributed by atoms with van der Waals surface area (Å²) in [4.78, 5) is 16.7. The van der Waals surface area contributed by atoms with Crippen LogP contribution >= 0.6 is 11.3 Å². The molecule has 0 saturated heterocycles. The first kappa shape index (κ1) is 14.0. The lowest BCUT2D eigenvalue weighted by Gasteiger charge is -2.39. The van der Waals surface area contributed by atoms with Crippen LogP contribution in [0.15, 0.2) is 6.20 Å². The van der Waals surface area contributed by atoms with Crippen LogP contribution in [0.3, 0.4) is 0 Å². The Morgan fingerprint density at radius 1 is 1.68 bits per heavy atom. The number of nitrogens with zero attached hydrogens (tertiary/aromatic N) is 1. The minimum Gasteiger partial charge on any atom is -0.384 e. The molecule has 0 atom stereocenters. The summed E-state index contributed by atoms with van der Waals surface area (Å²) in [5.74, 6) is 5.20. The Balaban J connectivity index is 1.90. The van der Waals surface area contributed by atoms with Gasteiger partial charge in [-0.25, -0.2) is 4.98 Å². The molecule has 0 unspecified atom stereocenters. The minimum atomic E-state index is -0.277. The van der Waals surface area contributed by atoms with Crippen LogP contribution < -0.4 is 5.32 Å². The zero-order chi connectivity index (χ0) is 13.7. The fourth-order valence-electron chi connectivity index (χ4n) is 2.00. The highest BCUT2D eigenvalue weighted by molar-refractivity contribution is 7.16. The van der Waals surface area contributed by atoms with E-state index in [0.717, 1.165) is 24.1 Å². The van der Waals surface area contributed by atoms with E-state index >= 15 is 0 Å². The maximum atomic E-state index is 11.9. The van der Waals surface area contributed by atoms with Gasteiger partial charge in [-0.15, -0.1) is 0 Å². The average Bonchev–Trinajstić information content (AvgIpc) is 2.79. The first-order valence-electron chi connectivity index (χ1n) is 6.08. The fraction of sp³-hybridized carbons (Fsp3) is 0.538. The van der Waals surface area contributed by atoms with Crippen LogP contribution in [0.5, 0.6) is 0 Å². The van der Waals surface area contributed by atoms with E-state index < -0.39 is 0 Å². The number of hydrogen-bond acceptors (Lipinski definition) is 5. The van der Waals surface area contributed by atoms with Crippen LogP contribution in [-0.2, 0) is 9.53 Å². The Hall–Kier alpha value is -1.42. The number of amides is 1. The summed E-state index contributed by atoms with van der Waals surface area (Å²) in [6, 6.07) is 0. The summed E-state index contributed by atoms with van der Waals surface area (Å²) in [6.07, 6.45) is 4.92. The van der Waals surface area contributed by atoms with E-state index in [1.165, 1.54) is 11.3 Å². The van der Waals surface area contributed by atoms with Crippen molar-refractivity contribution in [3.8, 4) is 11.8 Å². The Kier molecular flexibility index (Phi) is 4.53. The summed E-state index contributed by atoms with van der Waals surface area (Å²) >= 11 is 1.29. The lowest BCUT2D eigenvalue weighted by Crippen LogP contribution is -2.42. The number of nitrogens with one attached hydrogen (secondary N) is 1. The van der Waals surface area contributed by atoms with Gasteiger partial charge in [0.25, 0.3) is 0 Å². The Bertz CT molecular complexity index is 506. The topological polar surface area (TPSA) is 71.5 Å². The number of carbonyl (C=O) groups is 1. The molecule has 0 spiro atoms. The van der Waals surface area contributed by atoms with Crippen molar-refractivity contribution in [1.29, 1.82) is 0 Å². The summed E-state index contributed by atoms with van der Waals surface area (Å²) in [6.45, 7) is -0.185. The van der Waals surface area contributed by atoms with Gasteiger partial charge in [0.2, 0.25) is 5.91 Å². The van der Waals surface area contributed by atoms with E-state index in [9.17, 15) is 4.79 Å². The maximum absolute atomic E-state index is 11.9. The molecule has 1 heterocycles. The van der Waals surface area contributed by atoms with Crippen molar-refractivity contribution in [3.05, 3.63) is 11.1 Å². The molecule has 6 heteroatoms. The van der Waals surface area contributed by atoms with Crippen LogP contribution in [0, 0.1) is 11.8 Å². The molecule has 1 aromatic heterocycles. The van der Waals surface area contributed by atoms with Gasteiger partial charge in [-0.3, -0.25) is 4.79 Å². The van der Waals surface area contributed by atoms with E-state index in [-0.39, 0.29) is 18.1 Å². The third-order valence-corrected chi connectivity index (χ3v) is 4.05. The predicted molar refractivity (Wildman–Crippen MR) is 72.9 cm³/mol. The van der Waals surface area contributed by atoms with Crippen LogP contribution in [0.1, 0.15) is 30.6 Å². The molecule has 0 radical (unpaired) electrons. The molecule has 1 saturated carbocycles. The third kappa shape index (κ3) is 3.53. The smallest absolute Gasteiger partial charge is 0.229 e. The molecular formula is C13H16N2O3S. The molecule has 2 N–H and O–H groups in total. The van der Waals surface area contributed by atoms with Crippen molar-refractivity contribution in [1.82, 2.24) is 4.98 Å². The van der Waals surface area contributed by atoms with Crippen molar-refractivity contribution in [3.63, 3.8) is 0 Å². The molecule has 19 heavy (non-hydrogen) atoms. The zero-order valence-corrected chi connectivity index (χ0v) is 11.5. The summed E-state index contributed by atoms with van der Waals surface area (Å²) < 4.78 is 5.41. The highest BCUT2D eigenvalue weighted by Crippen LogP contribution is 2.38. The summed E-state index contributed by atoms with van der Waals surface area (Å²) in [7, 11) is 1.65. The lowest BCUT2D eigenvalue weighted by molar-refractivity contribution is -0.129. The second kappa shape index (κ2) is 6.15. The first-order valence-corrected chi connectivity index (χ1v) is 6.90. The third-order valence-electron chi connectivity index (χ3n) is 3.22. The maximum Gasteiger partial charge on any atom is 0.229 e. The van der Waals surface area contributed by atoms with Gasteiger partial charge < -0.3 is 15.2 Å². The van der Waals surface area contributed by atoms with Crippen LogP contribution in [0.2, 0.25) is 0 Å². The molecule has 1 amide bonds. The molecule has 2 rings (SSSR count). The molecule has 102 valence electrons. The van der Waals surface area contributed by atoms with Gasteiger partial charge in [0.15, 0.2) is 5.13 Å². The number of carbonyl (C=O) groups excluding carboxylic acids is 1. The standard InChI is InChI=1S/C13H16N2O3S/c1-18-13(5-3-6-13)8-11(17)15-12-14-9-10(19-12)4-2-7-16/h9,16H,3,5-8H2,1H3,(H,14,15,17). The van der Waals surface area contributed by atoms with Gasteiger partial charge in [-0.05, 0) is 19.3 Å². The van der Waals surface area contributed by atoms with Crippen LogP contribution in [0.4, 0.5) is 5.13 Å². The number of aliphatic hydroxyl groups excluding tert-OH is 1. The van der Waals surface area contributed by atoms with E-state index in [2.05, 4.69) is 22.1 Å². The summed E-state index contributed by atoms with van der Waals surface area (Å²) in [5.41, 5.74) is -0.277. The largest absolute Gasteiger partial charge is 0.384 e. The predicted octanol–water partition coefficient (Wildman–Crippen LogP) is 1.38. The molecule has 1 aliphatic carbocycles. The number of hydrogen-bond donors (Lipinski definition) is 2. The van der Waals surface area contributed by atoms with E-state index in [1.807, 2.05) is 0 Å². The van der Waals surface area contributed by atoms with Crippen LogP contribution in [0.25, 0.3) is 0 Å². The molecule has 1 aliphatic rings. The molecule has 0 bridgehead atoms. The number of rotatable bonds is 4. The van der Waals surface area contributed by atoms with Gasteiger partial charge in [0, 0.05) is 7.11 Å². The van der Waals surface area contributed by atoms with Crippen molar-refractivity contribution >= 4 is 22.4 Å². The number of aliphatic hydroxyl groups is 1. The second-order valence-electron chi connectivity index (χ2n) is 4.46. The molecule has 1 fully saturated rings. The number of ether oxygens (including phenoxy) is 1. The van der Waals surface area contributed by atoms with Crippen molar-refractivity contribution < 1.29 is 14.6 Å². The SMILES string of the molecule is COC1(CC(=O)Nc2ncc(C#CCO)s2)CCC1. The van der Waals surface area contributed by atoms with Crippen molar-refractivity contribution in [2.24, 2.45) is 0 Å². The highest BCUT2D eigenvalue weighted by Gasteiger charge is 2.39. The molecule has 1 aromatic rings. The van der Waals surface area contributed by atoms with Gasteiger partial charge in [0.05, 0.1) is 23.1 Å². The average molecular weight is 280 g/mol. The fourth-order valence-corrected chi connectivity index (χ4v) is 2.70. The molecular weight excluding hydrogens is 264 g/mol. The summed E-state index contributed by atoms with van der Waals surface area (Å²) in [5, 5.41) is 11.9. The lowest BCUT2D eigenvalue weighted by atomic mass is 9.77.